The molecule has 0 bridgehead atoms. The molecule has 5 aromatic carbocycles. The number of nitrogens with zero attached hydrogens (tertiary/aromatic N) is 1. The molecule has 12 nitrogen and oxygen atoms in total. The highest BCUT2D eigenvalue weighted by molar-refractivity contribution is 6.01. The summed E-state index contributed by atoms with van der Waals surface area (Å²) in [6, 6.07) is 39.0. The summed E-state index contributed by atoms with van der Waals surface area (Å²) in [6.07, 6.45) is -1.30. The van der Waals surface area contributed by atoms with Gasteiger partial charge in [-0.15, -0.1) is 0 Å². The van der Waals surface area contributed by atoms with E-state index in [1.54, 1.807) is 0 Å². The van der Waals surface area contributed by atoms with Crippen molar-refractivity contribution in [3.8, 4) is 23.0 Å². The van der Waals surface area contributed by atoms with Crippen molar-refractivity contribution < 1.29 is 53.3 Å². The third kappa shape index (κ3) is 12.9. The molecule has 3 atom stereocenters. The molecule has 3 N–H and O–H groups in total. The topological polar surface area (TPSA) is 153 Å². The van der Waals surface area contributed by atoms with E-state index in [4.69, 9.17) is 28.4 Å². The number of benzene rings is 5. The molecule has 1 heterocycles. The molecule has 358 valence electrons. The van der Waals surface area contributed by atoms with Crippen molar-refractivity contribution >= 4 is 17.6 Å². The molecule has 12 heteroatoms. The van der Waals surface area contributed by atoms with Gasteiger partial charge in [0, 0.05) is 44.0 Å². The van der Waals surface area contributed by atoms with Gasteiger partial charge in [-0.05, 0) is 108 Å². The predicted octanol–water partition coefficient (Wildman–Crippen LogP) is 8.57. The molecule has 67 heavy (non-hydrogen) atoms. The number of ether oxygens (including phenoxy) is 6. The SMILES string of the molecule is CCC(O)COc1ccc(C(C)(C)c2ccc(OCC(O)COc3ccc(C(C)(C)c4ccc(OCC(O)CN(C)c5ccc(CC6(C)C(=O)OC(C)(C)OC6=O)cc5)cc4)cc3)cc2)cc1. The summed E-state index contributed by atoms with van der Waals surface area (Å²) in [4.78, 5) is 27.3. The molecule has 5 aromatic rings. The van der Waals surface area contributed by atoms with Crippen molar-refractivity contribution in [3.63, 3.8) is 0 Å². The fourth-order valence-corrected chi connectivity index (χ4v) is 7.81. The van der Waals surface area contributed by atoms with E-state index in [-0.39, 0.29) is 43.7 Å². The molecule has 1 aliphatic rings. The van der Waals surface area contributed by atoms with E-state index in [0.717, 1.165) is 39.3 Å². The zero-order valence-electron chi connectivity index (χ0n) is 40.3. The van der Waals surface area contributed by atoms with Crippen molar-refractivity contribution in [2.24, 2.45) is 5.41 Å². The van der Waals surface area contributed by atoms with Gasteiger partial charge in [-0.2, -0.15) is 0 Å². The Morgan fingerprint density at radius 3 is 1.19 bits per heavy atom. The van der Waals surface area contributed by atoms with E-state index in [1.165, 1.54) is 20.8 Å². The minimum Gasteiger partial charge on any atom is -0.491 e. The van der Waals surface area contributed by atoms with Gasteiger partial charge < -0.3 is 48.6 Å². The van der Waals surface area contributed by atoms with E-state index in [2.05, 4.69) is 27.7 Å². The van der Waals surface area contributed by atoms with Crippen LogP contribution in [0.5, 0.6) is 23.0 Å². The summed E-state index contributed by atoms with van der Waals surface area (Å²) >= 11 is 0. The van der Waals surface area contributed by atoms with Crippen molar-refractivity contribution in [2.75, 3.05) is 44.9 Å². The highest BCUT2D eigenvalue weighted by Gasteiger charge is 2.52. The first-order valence-corrected chi connectivity index (χ1v) is 22.9. The molecular weight excluding hydrogens is 851 g/mol. The Morgan fingerprint density at radius 1 is 0.522 bits per heavy atom. The number of cyclic esters (lactones) is 2. The first-order chi connectivity index (χ1) is 31.7. The number of aliphatic hydroxyl groups excluding tert-OH is 3. The maximum Gasteiger partial charge on any atom is 0.326 e. The highest BCUT2D eigenvalue weighted by Crippen LogP contribution is 2.37. The Bertz CT molecular complexity index is 2360. The Morgan fingerprint density at radius 2 is 0.851 bits per heavy atom. The Hall–Kier alpha value is -6.08. The standard InChI is InChI=1S/C55H67NO11/c1-10-43(57)33-62-46-23-13-38(14-24-46)52(2,3)40-17-27-48(28-18-40)64-35-45(59)36-65-49-29-19-41(20-30-49)53(4,5)39-15-25-47(26-16-39)63-34-44(58)32-56(9)42-21-11-37(12-22-42)31-55(8)50(60)66-54(6,7)67-51(55)61/h11-30,43-45,57-59H,10,31-36H2,1-9H3. The molecule has 0 saturated carbocycles. The number of carbonyl (C=O) groups is 2. The van der Waals surface area contributed by atoms with Gasteiger partial charge in [-0.3, -0.25) is 9.59 Å². The summed E-state index contributed by atoms with van der Waals surface area (Å²) in [5, 5.41) is 31.3. The highest BCUT2D eigenvalue weighted by atomic mass is 16.7. The zero-order valence-corrected chi connectivity index (χ0v) is 40.3. The van der Waals surface area contributed by atoms with Gasteiger partial charge >= 0.3 is 11.9 Å². The molecule has 6 rings (SSSR count). The van der Waals surface area contributed by atoms with Crippen LogP contribution in [0, 0.1) is 5.41 Å². The van der Waals surface area contributed by atoms with E-state index in [9.17, 15) is 24.9 Å². The molecule has 1 aliphatic heterocycles. The summed E-state index contributed by atoms with van der Waals surface area (Å²) in [5.74, 6) is 0.166. The largest absolute Gasteiger partial charge is 0.491 e. The van der Waals surface area contributed by atoms with E-state index >= 15 is 0 Å². The second-order valence-corrected chi connectivity index (χ2v) is 19.2. The number of likely N-dealkylation sites (N-methyl/N-ethyl adjacent to an activating group) is 1. The van der Waals surface area contributed by atoms with Crippen LogP contribution in [0.1, 0.15) is 89.6 Å². The van der Waals surface area contributed by atoms with Gasteiger partial charge in [0.2, 0.25) is 0 Å². The first kappa shape index (κ1) is 50.3. The maximum atomic E-state index is 12.7. The van der Waals surface area contributed by atoms with Crippen LogP contribution < -0.4 is 23.8 Å². The summed E-state index contributed by atoms with van der Waals surface area (Å²) in [6.45, 7) is 16.0. The summed E-state index contributed by atoms with van der Waals surface area (Å²) < 4.78 is 34.2. The predicted molar refractivity (Wildman–Crippen MR) is 258 cm³/mol. The minimum absolute atomic E-state index is 0.0735. The Kier molecular flexibility index (Phi) is 16.0. The molecule has 1 saturated heterocycles. The molecule has 0 amide bonds. The average Bonchev–Trinajstić information content (AvgIpc) is 3.31. The second kappa shape index (κ2) is 21.3. The van der Waals surface area contributed by atoms with Crippen molar-refractivity contribution in [1.82, 2.24) is 0 Å². The van der Waals surface area contributed by atoms with Crippen LogP contribution in [-0.2, 0) is 36.3 Å². The molecule has 3 unspecified atom stereocenters. The Balaban J connectivity index is 0.913. The lowest BCUT2D eigenvalue weighted by atomic mass is 9.78. The number of hydrogen-bond donors (Lipinski definition) is 3. The molecule has 0 aromatic heterocycles. The van der Waals surface area contributed by atoms with E-state index < -0.39 is 41.5 Å². The number of rotatable bonds is 22. The van der Waals surface area contributed by atoms with Crippen molar-refractivity contribution in [2.45, 2.75) is 103 Å². The van der Waals surface area contributed by atoms with Gasteiger partial charge in [0.1, 0.15) is 61.6 Å². The van der Waals surface area contributed by atoms with Gasteiger partial charge in [0.15, 0.2) is 5.41 Å². The zero-order chi connectivity index (χ0) is 48.6. The molecule has 0 radical (unpaired) electrons. The molecular formula is C55H67NO11. The lowest BCUT2D eigenvalue weighted by molar-refractivity contribution is -0.249. The van der Waals surface area contributed by atoms with Crippen LogP contribution >= 0.6 is 0 Å². The van der Waals surface area contributed by atoms with Gasteiger partial charge in [0.25, 0.3) is 5.79 Å². The maximum absolute atomic E-state index is 12.7. The number of esters is 2. The van der Waals surface area contributed by atoms with E-state index in [0.29, 0.717) is 30.2 Å². The van der Waals surface area contributed by atoms with Crippen molar-refractivity contribution in [3.05, 3.63) is 149 Å². The van der Waals surface area contributed by atoms with Crippen molar-refractivity contribution in [1.29, 1.82) is 0 Å². The molecule has 1 fully saturated rings. The van der Waals surface area contributed by atoms with Gasteiger partial charge in [-0.1, -0.05) is 95.3 Å². The van der Waals surface area contributed by atoms with Gasteiger partial charge in [0.05, 0.1) is 6.10 Å². The summed E-state index contributed by atoms with van der Waals surface area (Å²) in [7, 11) is 1.87. The van der Waals surface area contributed by atoms with E-state index in [1.807, 2.05) is 140 Å². The van der Waals surface area contributed by atoms with Crippen LogP contribution in [0.4, 0.5) is 5.69 Å². The van der Waals surface area contributed by atoms with Crippen LogP contribution in [0.15, 0.2) is 121 Å². The van der Waals surface area contributed by atoms with Crippen LogP contribution in [0.25, 0.3) is 0 Å². The number of anilines is 1. The minimum atomic E-state index is -1.43. The number of aliphatic hydroxyl groups is 3. The lowest BCUT2D eigenvalue weighted by Gasteiger charge is -2.38. The lowest BCUT2D eigenvalue weighted by Crippen LogP contribution is -2.53. The van der Waals surface area contributed by atoms with Crippen LogP contribution in [0.2, 0.25) is 0 Å². The molecule has 0 aliphatic carbocycles. The smallest absolute Gasteiger partial charge is 0.326 e. The van der Waals surface area contributed by atoms with Gasteiger partial charge in [-0.25, -0.2) is 0 Å². The monoisotopic (exact) mass is 917 g/mol. The Labute approximate surface area is 395 Å². The average molecular weight is 918 g/mol. The normalized spacial score (nSPS) is 15.9. The first-order valence-electron chi connectivity index (χ1n) is 22.9. The third-order valence-electron chi connectivity index (χ3n) is 12.5. The van der Waals surface area contributed by atoms with Crippen LogP contribution in [-0.4, -0.2) is 91.4 Å². The quantitative estimate of drug-likeness (QED) is 0.0451. The van der Waals surface area contributed by atoms with Crippen LogP contribution in [0.3, 0.4) is 0 Å². The second-order valence-electron chi connectivity index (χ2n) is 19.2. The fraction of sp³-hybridized carbons (Fsp3) is 0.418. The fourth-order valence-electron chi connectivity index (χ4n) is 7.81. The third-order valence-corrected chi connectivity index (χ3v) is 12.5. The number of hydrogen-bond acceptors (Lipinski definition) is 12. The molecule has 0 spiro atoms. The number of carbonyl (C=O) groups excluding carboxylic acids is 2. The summed E-state index contributed by atoms with van der Waals surface area (Å²) in [5.41, 5.74) is 4.02.